The van der Waals surface area contributed by atoms with Crippen LogP contribution in [0.1, 0.15) is 20.3 Å². The van der Waals surface area contributed by atoms with Crippen molar-refractivity contribution >= 4 is 40.4 Å². The first kappa shape index (κ1) is 12.3. The summed E-state index contributed by atoms with van der Waals surface area (Å²) in [6.45, 7) is 0. The molecule has 0 spiro atoms. The zero-order valence-corrected chi connectivity index (χ0v) is 8.24. The Balaban J connectivity index is 0.00000144. The number of hydrogen-bond acceptors (Lipinski definition) is 4. The molecule has 1 heterocycles. The number of hydrogen-bond donors (Lipinski definition) is 0. The van der Waals surface area contributed by atoms with Gasteiger partial charge in [-0.1, -0.05) is 30.0 Å². The predicted octanol–water partition coefficient (Wildman–Crippen LogP) is 0.665. The summed E-state index contributed by atoms with van der Waals surface area (Å²) >= 11 is 1.79. The van der Waals surface area contributed by atoms with Crippen LogP contribution in [-0.2, 0) is 19.2 Å². The van der Waals surface area contributed by atoms with E-state index in [1.165, 1.54) is 0 Å². The summed E-state index contributed by atoms with van der Waals surface area (Å²) in [7, 11) is 0. The molecule has 0 atom stereocenters. The van der Waals surface area contributed by atoms with Gasteiger partial charge >= 0.3 is 5.97 Å². The van der Waals surface area contributed by atoms with E-state index in [4.69, 9.17) is 0 Å². The van der Waals surface area contributed by atoms with Gasteiger partial charge in [0.25, 0.3) is 11.8 Å². The second kappa shape index (κ2) is 5.15. The minimum Gasteiger partial charge on any atom is -0.330 e. The van der Waals surface area contributed by atoms with Crippen LogP contribution in [0.2, 0.25) is 0 Å². The molecule has 1 rings (SSSR count). The fraction of sp³-hybridized carbons (Fsp3) is 0.571. The lowest BCUT2D eigenvalue weighted by atomic mass is 10.4. The Morgan fingerprint density at radius 3 is 2.23 bits per heavy atom. The van der Waals surface area contributed by atoms with Crippen molar-refractivity contribution < 1.29 is 19.2 Å². The molecule has 0 bridgehead atoms. The summed E-state index contributed by atoms with van der Waals surface area (Å²) in [6, 6.07) is 0. The Labute approximate surface area is 89.5 Å². The van der Waals surface area contributed by atoms with E-state index >= 15 is 0 Å². The number of carbonyl (C=O) groups excluding carboxylic acids is 3. The Morgan fingerprint density at radius 1 is 1.38 bits per heavy atom. The molecule has 0 aromatic rings. The van der Waals surface area contributed by atoms with Crippen LogP contribution < -0.4 is 0 Å². The van der Waals surface area contributed by atoms with Crippen LogP contribution in [0.5, 0.6) is 0 Å². The first-order chi connectivity index (χ1) is 5.65. The Bertz CT molecular complexity index is 225. The number of imide groups is 1. The molecule has 1 aliphatic rings. The third-order valence-corrected chi connectivity index (χ3v) is 1.93. The zero-order valence-electron chi connectivity index (χ0n) is 6.08. The standard InChI is InChI=1S/C6H6INO4.CH4/c7-3-6(11)12-8-4(9)1-2-5(8)10;/h1-3H2;1H4. The molecule has 13 heavy (non-hydrogen) atoms. The summed E-state index contributed by atoms with van der Waals surface area (Å²) < 4.78 is 0.120. The average Bonchev–Trinajstić information content (AvgIpc) is 2.35. The van der Waals surface area contributed by atoms with Gasteiger partial charge in [0.1, 0.15) is 4.43 Å². The van der Waals surface area contributed by atoms with Crippen molar-refractivity contribution in [3.63, 3.8) is 0 Å². The van der Waals surface area contributed by atoms with E-state index < -0.39 is 17.8 Å². The zero-order chi connectivity index (χ0) is 9.14. The van der Waals surface area contributed by atoms with Crippen LogP contribution in [-0.4, -0.2) is 27.3 Å². The highest BCUT2D eigenvalue weighted by atomic mass is 127. The fourth-order valence-electron chi connectivity index (χ4n) is 0.784. The van der Waals surface area contributed by atoms with Crippen LogP contribution >= 0.6 is 22.6 Å². The second-order valence-electron chi connectivity index (χ2n) is 2.18. The molecule has 1 saturated heterocycles. The highest BCUT2D eigenvalue weighted by Gasteiger charge is 2.32. The molecule has 0 unspecified atom stereocenters. The number of amides is 2. The van der Waals surface area contributed by atoms with Crippen molar-refractivity contribution in [2.75, 3.05) is 4.43 Å². The molecule has 2 amide bonds. The summed E-state index contributed by atoms with van der Waals surface area (Å²) in [5, 5.41) is 0.543. The third kappa shape index (κ3) is 2.94. The first-order valence-corrected chi connectivity index (χ1v) is 4.80. The lowest BCUT2D eigenvalue weighted by Crippen LogP contribution is -2.32. The van der Waals surface area contributed by atoms with Gasteiger partial charge in [0.15, 0.2) is 0 Å². The Morgan fingerprint density at radius 2 is 1.85 bits per heavy atom. The number of alkyl halides is 1. The number of hydroxylamine groups is 2. The molecule has 0 aromatic carbocycles. The molecule has 1 aliphatic heterocycles. The van der Waals surface area contributed by atoms with Crippen molar-refractivity contribution in [3.05, 3.63) is 0 Å². The maximum absolute atomic E-state index is 10.9. The van der Waals surface area contributed by atoms with Gasteiger partial charge in [0.05, 0.1) is 0 Å². The quantitative estimate of drug-likeness (QED) is 0.427. The smallest absolute Gasteiger partial charge is 0.330 e. The molecular formula is C7H10INO4. The molecule has 0 saturated carbocycles. The van der Waals surface area contributed by atoms with Crippen molar-refractivity contribution in [3.8, 4) is 0 Å². The van der Waals surface area contributed by atoms with Gasteiger partial charge in [-0.15, -0.1) is 5.06 Å². The van der Waals surface area contributed by atoms with Crippen molar-refractivity contribution in [1.29, 1.82) is 0 Å². The van der Waals surface area contributed by atoms with Crippen LogP contribution in [0.15, 0.2) is 0 Å². The van der Waals surface area contributed by atoms with Gasteiger partial charge in [-0.2, -0.15) is 0 Å². The van der Waals surface area contributed by atoms with Crippen LogP contribution in [0.4, 0.5) is 0 Å². The van der Waals surface area contributed by atoms with Crippen molar-refractivity contribution in [2.45, 2.75) is 20.3 Å². The Hall–Kier alpha value is -0.660. The van der Waals surface area contributed by atoms with Crippen LogP contribution in [0, 0.1) is 0 Å². The molecule has 74 valence electrons. The van der Waals surface area contributed by atoms with Crippen molar-refractivity contribution in [1.82, 2.24) is 5.06 Å². The summed E-state index contributed by atoms with van der Waals surface area (Å²) in [6.07, 6.45) is 0.265. The van der Waals surface area contributed by atoms with Gasteiger partial charge in [-0.3, -0.25) is 9.59 Å². The number of halogens is 1. The second-order valence-corrected chi connectivity index (χ2v) is 2.94. The van der Waals surface area contributed by atoms with E-state index in [-0.39, 0.29) is 24.7 Å². The fourth-order valence-corrected chi connectivity index (χ4v) is 0.923. The number of nitrogens with zero attached hydrogens (tertiary/aromatic N) is 1. The molecule has 0 aromatic heterocycles. The number of rotatable bonds is 2. The van der Waals surface area contributed by atoms with E-state index in [9.17, 15) is 14.4 Å². The van der Waals surface area contributed by atoms with Crippen LogP contribution in [0.3, 0.4) is 0 Å². The molecule has 6 heteroatoms. The lowest BCUT2D eigenvalue weighted by Gasteiger charge is -2.10. The minimum atomic E-state index is -0.584. The first-order valence-electron chi connectivity index (χ1n) is 3.27. The van der Waals surface area contributed by atoms with Crippen molar-refractivity contribution in [2.24, 2.45) is 0 Å². The third-order valence-electron chi connectivity index (χ3n) is 1.31. The lowest BCUT2D eigenvalue weighted by molar-refractivity contribution is -0.195. The Kier molecular flexibility index (Phi) is 4.89. The summed E-state index contributed by atoms with van der Waals surface area (Å²) in [4.78, 5) is 36.9. The molecule has 0 radical (unpaired) electrons. The predicted molar refractivity (Wildman–Crippen MR) is 52.8 cm³/mol. The van der Waals surface area contributed by atoms with E-state index in [1.54, 1.807) is 22.6 Å². The van der Waals surface area contributed by atoms with Gasteiger partial charge in [-0.05, 0) is 0 Å². The van der Waals surface area contributed by atoms with Gasteiger partial charge in [0.2, 0.25) is 0 Å². The van der Waals surface area contributed by atoms with E-state index in [0.29, 0.717) is 5.06 Å². The largest absolute Gasteiger partial charge is 0.342 e. The molecular weight excluding hydrogens is 289 g/mol. The highest BCUT2D eigenvalue weighted by molar-refractivity contribution is 14.1. The summed E-state index contributed by atoms with van der Waals surface area (Å²) in [5.41, 5.74) is 0. The molecule has 1 fully saturated rings. The number of carbonyl (C=O) groups is 3. The molecule has 5 nitrogen and oxygen atoms in total. The SMILES string of the molecule is C.O=C(CI)ON1C(=O)CCC1=O. The topological polar surface area (TPSA) is 63.7 Å². The molecule has 0 N–H and O–H groups in total. The van der Waals surface area contributed by atoms with Gasteiger partial charge in [0, 0.05) is 12.8 Å². The normalized spacial score (nSPS) is 15.6. The van der Waals surface area contributed by atoms with Crippen LogP contribution in [0.25, 0.3) is 0 Å². The maximum Gasteiger partial charge on any atom is 0.342 e. The van der Waals surface area contributed by atoms with Gasteiger partial charge in [-0.25, -0.2) is 4.79 Å². The monoisotopic (exact) mass is 299 g/mol. The van der Waals surface area contributed by atoms with E-state index in [0.717, 1.165) is 0 Å². The highest BCUT2D eigenvalue weighted by Crippen LogP contribution is 2.12. The van der Waals surface area contributed by atoms with E-state index in [2.05, 4.69) is 4.84 Å². The minimum absolute atomic E-state index is 0. The summed E-state index contributed by atoms with van der Waals surface area (Å²) in [5.74, 6) is -1.48. The van der Waals surface area contributed by atoms with E-state index in [1.807, 2.05) is 0 Å². The maximum atomic E-state index is 10.9. The average molecular weight is 299 g/mol. The van der Waals surface area contributed by atoms with Gasteiger partial charge < -0.3 is 4.84 Å². The molecule has 0 aliphatic carbocycles.